The lowest BCUT2D eigenvalue weighted by Gasteiger charge is -2.06. The summed E-state index contributed by atoms with van der Waals surface area (Å²) in [4.78, 5) is 7.74. The van der Waals surface area contributed by atoms with Gasteiger partial charge in [0.25, 0.3) is 0 Å². The van der Waals surface area contributed by atoms with Crippen molar-refractivity contribution in [1.82, 2.24) is 20.2 Å². The number of phenolic OH excluding ortho intramolecular Hbond substituents is 1. The molecule has 0 aliphatic carbocycles. The maximum Gasteiger partial charge on any atom is 0.159 e. The van der Waals surface area contributed by atoms with Gasteiger partial charge in [0.05, 0.1) is 22.1 Å². The Morgan fingerprint density at radius 2 is 1.67 bits per heavy atom. The average molecular weight is 362 g/mol. The van der Waals surface area contributed by atoms with Crippen LogP contribution >= 0.6 is 0 Å². The Bertz CT molecular complexity index is 1270. The van der Waals surface area contributed by atoms with Gasteiger partial charge in [-0.15, -0.1) is 0 Å². The maximum atomic E-state index is 14.2. The van der Waals surface area contributed by atoms with Crippen LogP contribution in [0.25, 0.3) is 44.6 Å². The third-order valence-electron chi connectivity index (χ3n) is 4.49. The molecule has 0 saturated heterocycles. The second-order valence-electron chi connectivity index (χ2n) is 6.22. The first-order valence-electron chi connectivity index (χ1n) is 8.22. The molecular weight excluding hydrogens is 350 g/mol. The van der Waals surface area contributed by atoms with E-state index >= 15 is 0 Å². The molecule has 27 heavy (non-hydrogen) atoms. The number of benzene rings is 3. The van der Waals surface area contributed by atoms with Crippen molar-refractivity contribution in [1.29, 1.82) is 0 Å². The number of aromatic hydroxyl groups is 1. The van der Waals surface area contributed by atoms with Gasteiger partial charge in [-0.05, 0) is 29.8 Å². The standard InChI is InChI=1S/C20H12F2N4O/c21-13-8-11(27)9-14(22)18(13)10-5-6-15-12(7-10)19(26-25-15)20-23-16-3-1-2-4-17(16)24-20/h1-9,27H,(H,23,24)(H,25,26). The number of nitrogens with zero attached hydrogens (tertiary/aromatic N) is 2. The molecule has 0 spiro atoms. The minimum Gasteiger partial charge on any atom is -0.508 e. The van der Waals surface area contributed by atoms with Crippen molar-refractivity contribution in [2.45, 2.75) is 0 Å². The summed E-state index contributed by atoms with van der Waals surface area (Å²) in [6.45, 7) is 0. The van der Waals surface area contributed by atoms with E-state index < -0.39 is 17.4 Å². The minimum atomic E-state index is -0.833. The van der Waals surface area contributed by atoms with Crippen LogP contribution in [0.4, 0.5) is 8.78 Å². The predicted octanol–water partition coefficient (Wildman–Crippen LogP) is 4.76. The fourth-order valence-electron chi connectivity index (χ4n) is 3.25. The Hall–Kier alpha value is -3.74. The summed E-state index contributed by atoms with van der Waals surface area (Å²) in [7, 11) is 0. The van der Waals surface area contributed by atoms with Crippen LogP contribution in [0.1, 0.15) is 0 Å². The van der Waals surface area contributed by atoms with Crippen molar-refractivity contribution in [3.63, 3.8) is 0 Å². The molecule has 5 nitrogen and oxygen atoms in total. The molecule has 0 saturated carbocycles. The van der Waals surface area contributed by atoms with Gasteiger partial charge in [0.2, 0.25) is 0 Å². The molecule has 0 bridgehead atoms. The molecule has 7 heteroatoms. The van der Waals surface area contributed by atoms with Crippen molar-refractivity contribution < 1.29 is 13.9 Å². The fraction of sp³-hybridized carbons (Fsp3) is 0. The van der Waals surface area contributed by atoms with E-state index in [1.807, 2.05) is 24.3 Å². The lowest BCUT2D eigenvalue weighted by molar-refractivity contribution is 0.461. The Morgan fingerprint density at radius 3 is 2.44 bits per heavy atom. The molecule has 0 fully saturated rings. The van der Waals surface area contributed by atoms with Gasteiger partial charge in [-0.1, -0.05) is 18.2 Å². The number of para-hydroxylation sites is 2. The van der Waals surface area contributed by atoms with E-state index in [2.05, 4.69) is 20.2 Å². The van der Waals surface area contributed by atoms with Gasteiger partial charge >= 0.3 is 0 Å². The zero-order chi connectivity index (χ0) is 18.5. The maximum absolute atomic E-state index is 14.2. The fourth-order valence-corrected chi connectivity index (χ4v) is 3.25. The zero-order valence-electron chi connectivity index (χ0n) is 13.8. The van der Waals surface area contributed by atoms with Crippen molar-refractivity contribution in [3.8, 4) is 28.4 Å². The van der Waals surface area contributed by atoms with E-state index in [9.17, 15) is 13.9 Å². The molecule has 3 aromatic carbocycles. The highest BCUT2D eigenvalue weighted by Gasteiger charge is 2.17. The van der Waals surface area contributed by atoms with Gasteiger partial charge < -0.3 is 10.1 Å². The first-order chi connectivity index (χ1) is 13.1. The first-order valence-corrected chi connectivity index (χ1v) is 8.22. The quantitative estimate of drug-likeness (QED) is 0.424. The van der Waals surface area contributed by atoms with Crippen molar-refractivity contribution in [2.24, 2.45) is 0 Å². The minimum absolute atomic E-state index is 0.202. The molecule has 0 amide bonds. The molecule has 0 aliphatic heterocycles. The molecule has 0 radical (unpaired) electrons. The topological polar surface area (TPSA) is 77.6 Å². The van der Waals surface area contributed by atoms with E-state index in [1.54, 1.807) is 18.2 Å². The van der Waals surface area contributed by atoms with Crippen LogP contribution in [-0.2, 0) is 0 Å². The van der Waals surface area contributed by atoms with Crippen molar-refractivity contribution in [3.05, 3.63) is 66.2 Å². The van der Waals surface area contributed by atoms with Gasteiger partial charge in [-0.25, -0.2) is 13.8 Å². The normalized spacial score (nSPS) is 11.5. The number of fused-ring (bicyclic) bond motifs is 2. The van der Waals surface area contributed by atoms with Crippen LogP contribution in [0.15, 0.2) is 54.6 Å². The summed E-state index contributed by atoms with van der Waals surface area (Å²) < 4.78 is 28.5. The number of imidazole rings is 1. The highest BCUT2D eigenvalue weighted by molar-refractivity contribution is 5.95. The summed E-state index contributed by atoms with van der Waals surface area (Å²) in [5.74, 6) is -1.56. The van der Waals surface area contributed by atoms with Crippen LogP contribution in [0, 0.1) is 11.6 Å². The molecule has 0 unspecified atom stereocenters. The van der Waals surface area contributed by atoms with Crippen LogP contribution < -0.4 is 0 Å². The third-order valence-corrected chi connectivity index (χ3v) is 4.49. The number of nitrogens with one attached hydrogen (secondary N) is 2. The highest BCUT2D eigenvalue weighted by atomic mass is 19.1. The van der Waals surface area contributed by atoms with E-state index in [0.29, 0.717) is 28.0 Å². The van der Waals surface area contributed by atoms with E-state index in [-0.39, 0.29) is 5.56 Å². The number of rotatable bonds is 2. The lowest BCUT2D eigenvalue weighted by atomic mass is 10.0. The van der Waals surface area contributed by atoms with Crippen LogP contribution in [0.3, 0.4) is 0 Å². The number of aromatic nitrogens is 4. The summed E-state index contributed by atoms with van der Waals surface area (Å²) in [5, 5.41) is 17.3. The average Bonchev–Trinajstić information content (AvgIpc) is 3.24. The molecule has 2 heterocycles. The summed E-state index contributed by atoms with van der Waals surface area (Å²) in [5.41, 5.74) is 3.09. The number of H-pyrrole nitrogens is 2. The van der Waals surface area contributed by atoms with Gasteiger partial charge in [0.1, 0.15) is 23.1 Å². The Morgan fingerprint density at radius 1 is 0.889 bits per heavy atom. The molecule has 5 rings (SSSR count). The molecule has 0 atom stereocenters. The summed E-state index contributed by atoms with van der Waals surface area (Å²) in [6.07, 6.45) is 0. The van der Waals surface area contributed by atoms with E-state index in [0.717, 1.165) is 23.2 Å². The van der Waals surface area contributed by atoms with Gasteiger partial charge in [-0.2, -0.15) is 5.10 Å². The van der Waals surface area contributed by atoms with Crippen molar-refractivity contribution in [2.75, 3.05) is 0 Å². The van der Waals surface area contributed by atoms with Crippen molar-refractivity contribution >= 4 is 21.9 Å². The largest absolute Gasteiger partial charge is 0.508 e. The van der Waals surface area contributed by atoms with Gasteiger partial charge in [0.15, 0.2) is 5.82 Å². The van der Waals surface area contributed by atoms with Gasteiger partial charge in [0, 0.05) is 17.5 Å². The Balaban J connectivity index is 1.71. The van der Waals surface area contributed by atoms with Crippen LogP contribution in [0.2, 0.25) is 0 Å². The SMILES string of the molecule is Oc1cc(F)c(-c2ccc3[nH]nc(-c4nc5ccccc5[nH]4)c3c2)c(F)c1. The number of hydrogen-bond donors (Lipinski definition) is 3. The summed E-state index contributed by atoms with van der Waals surface area (Å²) in [6, 6.07) is 14.3. The Kier molecular flexibility index (Phi) is 3.24. The second-order valence-corrected chi connectivity index (χ2v) is 6.22. The predicted molar refractivity (Wildman–Crippen MR) is 98.2 cm³/mol. The van der Waals surface area contributed by atoms with E-state index in [1.165, 1.54) is 0 Å². The highest BCUT2D eigenvalue weighted by Crippen LogP contribution is 2.33. The molecule has 3 N–H and O–H groups in total. The molecule has 132 valence electrons. The van der Waals surface area contributed by atoms with Crippen LogP contribution in [0.5, 0.6) is 5.75 Å². The monoisotopic (exact) mass is 362 g/mol. The Labute approximate surface area is 151 Å². The molecular formula is C20H12F2N4O. The van der Waals surface area contributed by atoms with Gasteiger partial charge in [-0.3, -0.25) is 5.10 Å². The van der Waals surface area contributed by atoms with Crippen LogP contribution in [-0.4, -0.2) is 25.3 Å². The zero-order valence-corrected chi connectivity index (χ0v) is 13.8. The lowest BCUT2D eigenvalue weighted by Crippen LogP contribution is -1.90. The number of aromatic amines is 2. The number of halogens is 2. The third kappa shape index (κ3) is 2.43. The summed E-state index contributed by atoms with van der Waals surface area (Å²) >= 11 is 0. The molecule has 5 aromatic rings. The smallest absolute Gasteiger partial charge is 0.159 e. The van der Waals surface area contributed by atoms with E-state index in [4.69, 9.17) is 0 Å². The number of phenols is 1. The molecule has 0 aliphatic rings. The second kappa shape index (κ2) is 5.63. The number of hydrogen-bond acceptors (Lipinski definition) is 3. The first kappa shape index (κ1) is 15.5. The molecule has 2 aromatic heterocycles.